The average Bonchev–Trinajstić information content (AvgIpc) is 3.04. The molecule has 1 aromatic carbocycles. The Bertz CT molecular complexity index is 817. The normalized spacial score (nSPS) is 13.9. The number of nitrogens with one attached hydrogen (secondary N) is 1. The Labute approximate surface area is 133 Å². The van der Waals surface area contributed by atoms with Gasteiger partial charge in [-0.2, -0.15) is 10.2 Å². The van der Waals surface area contributed by atoms with Crippen molar-refractivity contribution >= 4 is 11.7 Å². The number of hydrogen-bond acceptors (Lipinski definition) is 3. The number of nitrogens with zero attached hydrogens (tertiary/aromatic N) is 4. The molecule has 0 saturated heterocycles. The van der Waals surface area contributed by atoms with Crippen molar-refractivity contribution < 1.29 is 4.79 Å². The van der Waals surface area contributed by atoms with Crippen LogP contribution in [0.1, 0.15) is 23.2 Å². The van der Waals surface area contributed by atoms with E-state index in [0.717, 1.165) is 18.1 Å². The minimum Gasteiger partial charge on any atom is -0.307 e. The molecule has 1 amide bonds. The number of carbonyl (C=O) groups excluding carboxylic acids is 1. The van der Waals surface area contributed by atoms with Gasteiger partial charge in [0.25, 0.3) is 5.91 Å². The first-order chi connectivity index (χ1) is 11.3. The van der Waals surface area contributed by atoms with E-state index in [-0.39, 0.29) is 5.91 Å². The summed E-state index contributed by atoms with van der Waals surface area (Å²) < 4.78 is 3.56. The maximum absolute atomic E-state index is 12.7. The topological polar surface area (TPSA) is 64.7 Å². The van der Waals surface area contributed by atoms with Crippen molar-refractivity contribution in [3.05, 3.63) is 60.6 Å². The maximum Gasteiger partial charge on any atom is 0.259 e. The van der Waals surface area contributed by atoms with Crippen molar-refractivity contribution in [2.75, 3.05) is 5.32 Å². The third-order valence-corrected chi connectivity index (χ3v) is 3.99. The van der Waals surface area contributed by atoms with Crippen LogP contribution < -0.4 is 5.32 Å². The molecule has 0 spiro atoms. The Morgan fingerprint density at radius 3 is 2.78 bits per heavy atom. The second kappa shape index (κ2) is 5.72. The molecule has 1 saturated carbocycles. The predicted octanol–water partition coefficient (Wildman–Crippen LogP) is 2.73. The molecule has 2 aromatic heterocycles. The summed E-state index contributed by atoms with van der Waals surface area (Å²) in [7, 11) is 0. The van der Waals surface area contributed by atoms with Crippen LogP contribution in [-0.2, 0) is 6.54 Å². The van der Waals surface area contributed by atoms with Gasteiger partial charge in [-0.1, -0.05) is 12.1 Å². The molecule has 116 valence electrons. The van der Waals surface area contributed by atoms with Gasteiger partial charge in [-0.3, -0.25) is 4.79 Å². The lowest BCUT2D eigenvalue weighted by Gasteiger charge is -2.11. The lowest BCUT2D eigenvalue weighted by molar-refractivity contribution is 0.102. The quantitative estimate of drug-likeness (QED) is 0.788. The van der Waals surface area contributed by atoms with Crippen LogP contribution in [0.15, 0.2) is 55.0 Å². The van der Waals surface area contributed by atoms with Gasteiger partial charge in [-0.05, 0) is 37.0 Å². The fraction of sp³-hybridized carbons (Fsp3) is 0.235. The smallest absolute Gasteiger partial charge is 0.259 e. The summed E-state index contributed by atoms with van der Waals surface area (Å²) in [5.74, 6) is 1.27. The Kier molecular flexibility index (Phi) is 3.42. The van der Waals surface area contributed by atoms with Crippen molar-refractivity contribution in [3.63, 3.8) is 0 Å². The van der Waals surface area contributed by atoms with Crippen LogP contribution in [0.5, 0.6) is 0 Å². The van der Waals surface area contributed by atoms with Crippen LogP contribution in [0.25, 0.3) is 5.69 Å². The van der Waals surface area contributed by atoms with Gasteiger partial charge in [-0.15, -0.1) is 0 Å². The zero-order valence-electron chi connectivity index (χ0n) is 12.6. The highest BCUT2D eigenvalue weighted by Crippen LogP contribution is 2.31. The summed E-state index contributed by atoms with van der Waals surface area (Å²) in [5.41, 5.74) is 1.33. The summed E-state index contributed by atoms with van der Waals surface area (Å²) in [6.45, 7) is 0.865. The molecule has 0 atom stereocenters. The molecular weight excluding hydrogens is 290 g/mol. The van der Waals surface area contributed by atoms with Crippen molar-refractivity contribution in [2.45, 2.75) is 19.4 Å². The molecule has 3 aromatic rings. The Morgan fingerprint density at radius 1 is 1.13 bits per heavy atom. The van der Waals surface area contributed by atoms with Crippen LogP contribution >= 0.6 is 0 Å². The van der Waals surface area contributed by atoms with E-state index in [0.29, 0.717) is 11.5 Å². The van der Waals surface area contributed by atoms with Gasteiger partial charge in [0.1, 0.15) is 5.82 Å². The second-order valence-electron chi connectivity index (χ2n) is 5.76. The molecule has 0 aliphatic heterocycles. The number of carbonyl (C=O) groups is 1. The number of anilines is 1. The zero-order valence-corrected chi connectivity index (χ0v) is 12.6. The number of benzene rings is 1. The third-order valence-electron chi connectivity index (χ3n) is 3.99. The summed E-state index contributed by atoms with van der Waals surface area (Å²) in [5, 5.41) is 11.5. The zero-order chi connectivity index (χ0) is 15.6. The lowest BCUT2D eigenvalue weighted by Crippen LogP contribution is -2.18. The molecule has 1 aliphatic carbocycles. The molecule has 0 radical (unpaired) electrons. The minimum absolute atomic E-state index is 0.159. The van der Waals surface area contributed by atoms with E-state index < -0.39 is 0 Å². The van der Waals surface area contributed by atoms with Crippen molar-refractivity contribution in [3.8, 4) is 5.69 Å². The van der Waals surface area contributed by atoms with E-state index in [1.807, 2.05) is 41.2 Å². The number of amides is 1. The molecule has 6 heteroatoms. The van der Waals surface area contributed by atoms with Gasteiger partial charge in [0.15, 0.2) is 0 Å². The monoisotopic (exact) mass is 307 g/mol. The molecule has 0 unspecified atom stereocenters. The van der Waals surface area contributed by atoms with E-state index in [4.69, 9.17) is 0 Å². The number of rotatable bonds is 5. The molecule has 1 fully saturated rings. The van der Waals surface area contributed by atoms with Gasteiger partial charge in [-0.25, -0.2) is 9.36 Å². The van der Waals surface area contributed by atoms with Crippen molar-refractivity contribution in [1.29, 1.82) is 0 Å². The molecular formula is C17H17N5O. The highest BCUT2D eigenvalue weighted by Gasteiger charge is 2.23. The van der Waals surface area contributed by atoms with Gasteiger partial charge in [0.05, 0.1) is 17.4 Å². The first kappa shape index (κ1) is 13.8. The summed E-state index contributed by atoms with van der Waals surface area (Å²) in [4.78, 5) is 12.7. The minimum atomic E-state index is -0.159. The van der Waals surface area contributed by atoms with Crippen LogP contribution in [0, 0.1) is 5.92 Å². The van der Waals surface area contributed by atoms with Gasteiger partial charge in [0, 0.05) is 25.0 Å². The fourth-order valence-electron chi connectivity index (χ4n) is 2.59. The SMILES string of the molecule is O=C(Nc1ccnn1CC1CC1)c1ccccc1-n1cccn1. The first-order valence-electron chi connectivity index (χ1n) is 7.73. The summed E-state index contributed by atoms with van der Waals surface area (Å²) >= 11 is 0. The number of aromatic nitrogens is 4. The highest BCUT2D eigenvalue weighted by atomic mass is 16.1. The largest absolute Gasteiger partial charge is 0.307 e. The number of para-hydroxylation sites is 1. The van der Waals surface area contributed by atoms with Crippen molar-refractivity contribution in [2.24, 2.45) is 5.92 Å². The molecule has 0 bridgehead atoms. The fourth-order valence-corrected chi connectivity index (χ4v) is 2.59. The standard InChI is InChI=1S/C17H17N5O/c23-17(20-16-8-10-19-22(16)12-13-6-7-13)14-4-1-2-5-15(14)21-11-3-9-18-21/h1-5,8-11,13H,6-7,12H2,(H,20,23). The van der Waals surface area contributed by atoms with Gasteiger partial charge >= 0.3 is 0 Å². The average molecular weight is 307 g/mol. The highest BCUT2D eigenvalue weighted by molar-refractivity contribution is 6.06. The third kappa shape index (κ3) is 2.88. The summed E-state index contributed by atoms with van der Waals surface area (Å²) in [6.07, 6.45) is 7.73. The molecule has 2 heterocycles. The summed E-state index contributed by atoms with van der Waals surface area (Å²) in [6, 6.07) is 11.1. The van der Waals surface area contributed by atoms with Crippen LogP contribution in [-0.4, -0.2) is 25.5 Å². The molecule has 6 nitrogen and oxygen atoms in total. The van der Waals surface area contributed by atoms with Gasteiger partial charge in [0.2, 0.25) is 0 Å². The Hall–Kier alpha value is -2.89. The van der Waals surface area contributed by atoms with E-state index in [9.17, 15) is 4.79 Å². The predicted molar refractivity (Wildman–Crippen MR) is 86.5 cm³/mol. The maximum atomic E-state index is 12.7. The first-order valence-corrected chi connectivity index (χ1v) is 7.73. The van der Waals surface area contributed by atoms with E-state index in [2.05, 4.69) is 15.5 Å². The Morgan fingerprint density at radius 2 is 2.00 bits per heavy atom. The van der Waals surface area contributed by atoms with Gasteiger partial charge < -0.3 is 5.32 Å². The number of hydrogen-bond donors (Lipinski definition) is 1. The van der Waals surface area contributed by atoms with E-state index in [1.165, 1.54) is 12.8 Å². The lowest BCUT2D eigenvalue weighted by atomic mass is 10.1. The second-order valence-corrected chi connectivity index (χ2v) is 5.76. The Balaban J connectivity index is 1.59. The molecule has 4 rings (SSSR count). The molecule has 23 heavy (non-hydrogen) atoms. The van der Waals surface area contributed by atoms with Crippen molar-refractivity contribution in [1.82, 2.24) is 19.6 Å². The van der Waals surface area contributed by atoms with E-state index >= 15 is 0 Å². The molecule has 1 N–H and O–H groups in total. The van der Waals surface area contributed by atoms with E-state index in [1.54, 1.807) is 23.1 Å². The van der Waals surface area contributed by atoms with Crippen LogP contribution in [0.3, 0.4) is 0 Å². The van der Waals surface area contributed by atoms with Crippen LogP contribution in [0.2, 0.25) is 0 Å². The molecule has 1 aliphatic rings. The van der Waals surface area contributed by atoms with Crippen LogP contribution in [0.4, 0.5) is 5.82 Å².